The maximum Gasteiger partial charge on any atom is 0.407 e. The zero-order valence-corrected chi connectivity index (χ0v) is 15.5. The van der Waals surface area contributed by atoms with Gasteiger partial charge in [0.15, 0.2) is 0 Å². The Kier molecular flexibility index (Phi) is 6.03. The molecule has 0 aromatic carbocycles. The highest BCUT2D eigenvalue weighted by Gasteiger charge is 2.38. The van der Waals surface area contributed by atoms with Gasteiger partial charge in [-0.05, 0) is 39.5 Å². The highest BCUT2D eigenvalue weighted by atomic mass is 32.1. The Morgan fingerprint density at radius 3 is 2.87 bits per heavy atom. The number of amides is 1. The first-order valence-corrected chi connectivity index (χ1v) is 9.29. The summed E-state index contributed by atoms with van der Waals surface area (Å²) in [5.74, 6) is 0.506. The molecule has 1 aliphatic rings. The molecule has 5 nitrogen and oxygen atoms in total. The van der Waals surface area contributed by atoms with Gasteiger partial charge in [0.1, 0.15) is 10.6 Å². The van der Waals surface area contributed by atoms with Gasteiger partial charge in [0.25, 0.3) is 0 Å². The molecule has 1 aromatic heterocycles. The average molecular weight is 340 g/mol. The van der Waals surface area contributed by atoms with Crippen molar-refractivity contribution in [3.05, 3.63) is 16.6 Å². The number of carbonyl (C=O) groups is 1. The number of nitrogens with zero attached hydrogens (tertiary/aromatic N) is 1. The van der Waals surface area contributed by atoms with E-state index in [9.17, 15) is 4.79 Å². The van der Waals surface area contributed by atoms with Gasteiger partial charge in [-0.15, -0.1) is 11.3 Å². The number of alkyl carbamates (subject to hydrolysis) is 1. The minimum atomic E-state index is -0.469. The fourth-order valence-electron chi connectivity index (χ4n) is 3.14. The molecular formula is C17H29N3O2S. The lowest BCUT2D eigenvalue weighted by Gasteiger charge is -2.43. The van der Waals surface area contributed by atoms with Crippen LogP contribution in [0.25, 0.3) is 0 Å². The van der Waals surface area contributed by atoms with Gasteiger partial charge in [-0.2, -0.15) is 0 Å². The normalized spacial score (nSPS) is 25.1. The Balaban J connectivity index is 1.97. The summed E-state index contributed by atoms with van der Waals surface area (Å²) >= 11 is 1.66. The number of aromatic nitrogens is 1. The number of hydrogen-bond donors (Lipinski definition) is 2. The molecular weight excluding hydrogens is 310 g/mol. The fourth-order valence-corrected chi connectivity index (χ4v) is 3.69. The monoisotopic (exact) mass is 339 g/mol. The molecule has 1 aliphatic carbocycles. The number of ether oxygens (including phenoxy) is 1. The van der Waals surface area contributed by atoms with Crippen LogP contribution < -0.4 is 10.6 Å². The summed E-state index contributed by atoms with van der Waals surface area (Å²) in [4.78, 5) is 16.4. The summed E-state index contributed by atoms with van der Waals surface area (Å²) in [6.45, 7) is 9.25. The minimum absolute atomic E-state index is 0.0825. The number of hydrogen-bond acceptors (Lipinski definition) is 5. The molecule has 0 bridgehead atoms. The lowest BCUT2D eigenvalue weighted by atomic mass is 9.73. The second-order valence-electron chi connectivity index (χ2n) is 7.44. The fraction of sp³-hybridized carbons (Fsp3) is 0.765. The third-order valence-electron chi connectivity index (χ3n) is 4.48. The van der Waals surface area contributed by atoms with Gasteiger partial charge in [-0.3, -0.25) is 0 Å². The van der Waals surface area contributed by atoms with Crippen LogP contribution in [0, 0.1) is 5.92 Å². The molecule has 2 unspecified atom stereocenters. The van der Waals surface area contributed by atoms with Gasteiger partial charge in [0.05, 0.1) is 0 Å². The van der Waals surface area contributed by atoms with Crippen LogP contribution >= 0.6 is 11.3 Å². The van der Waals surface area contributed by atoms with Gasteiger partial charge >= 0.3 is 6.09 Å². The van der Waals surface area contributed by atoms with Crippen LogP contribution in [0.1, 0.15) is 58.4 Å². The quantitative estimate of drug-likeness (QED) is 0.858. The molecule has 1 heterocycles. The van der Waals surface area contributed by atoms with E-state index in [1.165, 1.54) is 19.3 Å². The molecule has 1 fully saturated rings. The van der Waals surface area contributed by atoms with Crippen molar-refractivity contribution in [2.24, 2.45) is 5.92 Å². The van der Waals surface area contributed by atoms with Crippen molar-refractivity contribution in [2.75, 3.05) is 6.54 Å². The van der Waals surface area contributed by atoms with Gasteiger partial charge in [-0.25, -0.2) is 9.78 Å². The Morgan fingerprint density at radius 1 is 1.48 bits per heavy atom. The molecule has 1 amide bonds. The summed E-state index contributed by atoms with van der Waals surface area (Å²) in [5.41, 5.74) is -0.551. The highest BCUT2D eigenvalue weighted by Crippen LogP contribution is 2.33. The number of carbonyl (C=O) groups excluding carboxylic acids is 1. The maximum atomic E-state index is 12.0. The Labute approximate surface area is 143 Å². The van der Waals surface area contributed by atoms with Gasteiger partial charge in [0, 0.05) is 30.2 Å². The first kappa shape index (κ1) is 18.2. The van der Waals surface area contributed by atoms with Crippen molar-refractivity contribution in [1.29, 1.82) is 0 Å². The summed E-state index contributed by atoms with van der Waals surface area (Å²) in [6.07, 6.45) is 6.18. The maximum absolute atomic E-state index is 12.0. The van der Waals surface area contributed by atoms with Crippen LogP contribution in [0.3, 0.4) is 0 Å². The molecule has 23 heavy (non-hydrogen) atoms. The first-order chi connectivity index (χ1) is 10.8. The van der Waals surface area contributed by atoms with E-state index in [0.717, 1.165) is 18.0 Å². The summed E-state index contributed by atoms with van der Waals surface area (Å²) in [7, 11) is 0. The Hall–Kier alpha value is -1.14. The SMILES string of the molecule is CC1CCCCC1(CNC(=O)OC(C)(C)C)NCc1nccs1. The zero-order valence-electron chi connectivity index (χ0n) is 14.6. The van der Waals surface area contributed by atoms with E-state index >= 15 is 0 Å². The van der Waals surface area contributed by atoms with E-state index in [-0.39, 0.29) is 11.6 Å². The zero-order chi connectivity index (χ0) is 16.9. The van der Waals surface area contributed by atoms with Crippen LogP contribution in [-0.2, 0) is 11.3 Å². The van der Waals surface area contributed by atoms with Gasteiger partial charge < -0.3 is 15.4 Å². The standard InChI is InChI=1S/C17H29N3O2S/c1-13-7-5-6-8-17(13,20-11-14-18-9-10-23-14)12-19-15(21)22-16(2,3)4/h9-10,13,20H,5-8,11-12H2,1-4H3,(H,19,21). The number of rotatable bonds is 5. The third-order valence-corrected chi connectivity index (χ3v) is 5.26. The van der Waals surface area contributed by atoms with Crippen molar-refractivity contribution < 1.29 is 9.53 Å². The molecule has 130 valence electrons. The predicted octanol–water partition coefficient (Wildman–Crippen LogP) is 3.71. The Morgan fingerprint density at radius 2 is 2.26 bits per heavy atom. The van der Waals surface area contributed by atoms with E-state index in [4.69, 9.17) is 4.74 Å². The molecule has 0 spiro atoms. The molecule has 0 aliphatic heterocycles. The van der Waals surface area contributed by atoms with E-state index < -0.39 is 5.60 Å². The lowest BCUT2D eigenvalue weighted by molar-refractivity contribution is 0.0479. The van der Waals surface area contributed by atoms with Crippen molar-refractivity contribution in [3.63, 3.8) is 0 Å². The van der Waals surface area contributed by atoms with Crippen LogP contribution in [0.5, 0.6) is 0 Å². The molecule has 0 radical (unpaired) electrons. The second-order valence-corrected chi connectivity index (χ2v) is 8.42. The lowest BCUT2D eigenvalue weighted by Crippen LogP contribution is -2.58. The molecule has 2 N–H and O–H groups in total. The molecule has 6 heteroatoms. The Bertz CT molecular complexity index is 498. The van der Waals surface area contributed by atoms with Crippen molar-refractivity contribution >= 4 is 17.4 Å². The average Bonchev–Trinajstić information content (AvgIpc) is 2.97. The minimum Gasteiger partial charge on any atom is -0.444 e. The molecule has 2 atom stereocenters. The summed E-state index contributed by atoms with van der Waals surface area (Å²) < 4.78 is 5.37. The molecule has 1 aromatic rings. The summed E-state index contributed by atoms with van der Waals surface area (Å²) in [6, 6.07) is 0. The number of nitrogens with one attached hydrogen (secondary N) is 2. The van der Waals surface area contributed by atoms with Crippen molar-refractivity contribution in [1.82, 2.24) is 15.6 Å². The largest absolute Gasteiger partial charge is 0.444 e. The molecule has 0 saturated heterocycles. The molecule has 2 rings (SSSR count). The van der Waals surface area contributed by atoms with E-state index in [0.29, 0.717) is 12.5 Å². The molecule has 1 saturated carbocycles. The van der Waals surface area contributed by atoms with Crippen LogP contribution in [0.2, 0.25) is 0 Å². The van der Waals surface area contributed by atoms with Crippen molar-refractivity contribution in [2.45, 2.75) is 71.1 Å². The smallest absolute Gasteiger partial charge is 0.407 e. The van der Waals surface area contributed by atoms with E-state index in [1.807, 2.05) is 32.3 Å². The van der Waals surface area contributed by atoms with Crippen LogP contribution in [0.4, 0.5) is 4.79 Å². The van der Waals surface area contributed by atoms with Crippen molar-refractivity contribution in [3.8, 4) is 0 Å². The third kappa shape index (κ3) is 5.46. The van der Waals surface area contributed by atoms with Gasteiger partial charge in [-0.1, -0.05) is 19.8 Å². The predicted molar refractivity (Wildman–Crippen MR) is 93.6 cm³/mol. The van der Waals surface area contributed by atoms with Crippen LogP contribution in [-0.4, -0.2) is 28.8 Å². The van der Waals surface area contributed by atoms with Gasteiger partial charge in [0.2, 0.25) is 0 Å². The van der Waals surface area contributed by atoms with E-state index in [1.54, 1.807) is 11.3 Å². The second kappa shape index (κ2) is 7.62. The highest BCUT2D eigenvalue weighted by molar-refractivity contribution is 7.09. The topological polar surface area (TPSA) is 63.2 Å². The number of thiazole rings is 1. The van der Waals surface area contributed by atoms with Crippen LogP contribution in [0.15, 0.2) is 11.6 Å². The van der Waals surface area contributed by atoms with E-state index in [2.05, 4.69) is 22.5 Å². The summed E-state index contributed by atoms with van der Waals surface area (Å²) in [5, 5.41) is 9.73. The first-order valence-electron chi connectivity index (χ1n) is 8.41.